The maximum Gasteiger partial charge on any atom is 0.326 e. The number of hydrogen-bond donors (Lipinski definition) is 3. The summed E-state index contributed by atoms with van der Waals surface area (Å²) in [5, 5.41) is 19.5. The highest BCUT2D eigenvalue weighted by atomic mass is 19.1. The standard InChI is InChI=1S/C10H10FNO4/c11-6-3-1-2-4-7(6)12-8(10(15)16)5-9(13)14/h1-4,8,12H,5H2,(H,13,14)(H,15,16). The molecule has 0 spiro atoms. The molecule has 5 nitrogen and oxygen atoms in total. The van der Waals surface area contributed by atoms with Gasteiger partial charge in [0.25, 0.3) is 0 Å². The smallest absolute Gasteiger partial charge is 0.326 e. The molecule has 3 N–H and O–H groups in total. The lowest BCUT2D eigenvalue weighted by atomic mass is 10.2. The van der Waals surface area contributed by atoms with E-state index >= 15 is 0 Å². The number of carbonyl (C=O) groups is 2. The largest absolute Gasteiger partial charge is 0.481 e. The molecule has 0 saturated carbocycles. The maximum absolute atomic E-state index is 13.1. The quantitative estimate of drug-likeness (QED) is 0.702. The highest BCUT2D eigenvalue weighted by molar-refractivity contribution is 5.83. The third-order valence-electron chi connectivity index (χ3n) is 1.88. The molecule has 1 aromatic rings. The molecular weight excluding hydrogens is 217 g/mol. The van der Waals surface area contributed by atoms with E-state index < -0.39 is 30.2 Å². The second-order valence-corrected chi connectivity index (χ2v) is 3.11. The molecule has 0 aliphatic heterocycles. The molecule has 1 atom stereocenters. The van der Waals surface area contributed by atoms with E-state index in [1.807, 2.05) is 0 Å². The van der Waals surface area contributed by atoms with Gasteiger partial charge >= 0.3 is 11.9 Å². The van der Waals surface area contributed by atoms with Gasteiger partial charge in [-0.2, -0.15) is 0 Å². The molecule has 0 amide bonds. The molecular formula is C10H10FNO4. The molecule has 6 heteroatoms. The van der Waals surface area contributed by atoms with Gasteiger partial charge in [0.05, 0.1) is 12.1 Å². The van der Waals surface area contributed by atoms with Crippen molar-refractivity contribution in [3.8, 4) is 0 Å². The molecule has 0 aromatic heterocycles. The molecule has 1 rings (SSSR count). The van der Waals surface area contributed by atoms with Crippen LogP contribution in [0.2, 0.25) is 0 Å². The Morgan fingerprint density at radius 1 is 1.31 bits per heavy atom. The number of anilines is 1. The first-order chi connectivity index (χ1) is 7.50. The second-order valence-electron chi connectivity index (χ2n) is 3.11. The highest BCUT2D eigenvalue weighted by Gasteiger charge is 2.21. The molecule has 0 heterocycles. The minimum Gasteiger partial charge on any atom is -0.481 e. The lowest BCUT2D eigenvalue weighted by molar-refractivity contribution is -0.144. The van der Waals surface area contributed by atoms with Crippen LogP contribution in [0, 0.1) is 5.82 Å². The number of nitrogens with one attached hydrogen (secondary N) is 1. The van der Waals surface area contributed by atoms with Gasteiger partial charge in [0.1, 0.15) is 11.9 Å². The molecule has 1 unspecified atom stereocenters. The van der Waals surface area contributed by atoms with Gasteiger partial charge in [-0.1, -0.05) is 12.1 Å². The van der Waals surface area contributed by atoms with Crippen LogP contribution in [0.5, 0.6) is 0 Å². The number of hydrogen-bond acceptors (Lipinski definition) is 3. The summed E-state index contributed by atoms with van der Waals surface area (Å²) in [5.41, 5.74) is -0.0313. The van der Waals surface area contributed by atoms with Crippen LogP contribution in [0.3, 0.4) is 0 Å². The molecule has 0 saturated heterocycles. The number of benzene rings is 1. The van der Waals surface area contributed by atoms with Crippen molar-refractivity contribution in [3.63, 3.8) is 0 Å². The summed E-state index contributed by atoms with van der Waals surface area (Å²) in [4.78, 5) is 21.1. The fourth-order valence-corrected chi connectivity index (χ4v) is 1.14. The fourth-order valence-electron chi connectivity index (χ4n) is 1.14. The summed E-state index contributed by atoms with van der Waals surface area (Å²) in [6, 6.07) is 4.11. The van der Waals surface area contributed by atoms with E-state index in [1.165, 1.54) is 18.2 Å². The number of rotatable bonds is 5. The van der Waals surface area contributed by atoms with E-state index in [-0.39, 0.29) is 5.69 Å². The normalized spacial score (nSPS) is 11.8. The van der Waals surface area contributed by atoms with E-state index in [2.05, 4.69) is 5.32 Å². The Morgan fingerprint density at radius 2 is 1.94 bits per heavy atom. The summed E-state index contributed by atoms with van der Waals surface area (Å²) in [6.07, 6.45) is -0.621. The molecule has 0 bridgehead atoms. The Labute approximate surface area is 90.5 Å². The van der Waals surface area contributed by atoms with E-state index in [0.29, 0.717) is 0 Å². The number of carboxylic acid groups (broad SMARTS) is 2. The SMILES string of the molecule is O=C(O)CC(Nc1ccccc1F)C(=O)O. The number of aliphatic carboxylic acids is 2. The number of halogens is 1. The van der Waals surface area contributed by atoms with Gasteiger partial charge in [0.2, 0.25) is 0 Å². The van der Waals surface area contributed by atoms with E-state index in [1.54, 1.807) is 0 Å². The minimum absolute atomic E-state index is 0.0313. The van der Waals surface area contributed by atoms with Crippen molar-refractivity contribution in [3.05, 3.63) is 30.1 Å². The molecule has 0 radical (unpaired) electrons. The van der Waals surface area contributed by atoms with E-state index in [9.17, 15) is 14.0 Å². The third kappa shape index (κ3) is 3.23. The van der Waals surface area contributed by atoms with Gasteiger partial charge in [0, 0.05) is 0 Å². The summed E-state index contributed by atoms with van der Waals surface area (Å²) in [6.45, 7) is 0. The van der Waals surface area contributed by atoms with Crippen molar-refractivity contribution < 1.29 is 24.2 Å². The Balaban J connectivity index is 2.80. The first-order valence-corrected chi connectivity index (χ1v) is 4.46. The van der Waals surface area contributed by atoms with Crippen LogP contribution in [-0.4, -0.2) is 28.2 Å². The average Bonchev–Trinajstić information content (AvgIpc) is 2.19. The molecule has 1 aromatic carbocycles. The van der Waals surface area contributed by atoms with Gasteiger partial charge in [-0.3, -0.25) is 4.79 Å². The van der Waals surface area contributed by atoms with Crippen molar-refractivity contribution in [1.29, 1.82) is 0 Å². The molecule has 0 fully saturated rings. The number of para-hydroxylation sites is 1. The van der Waals surface area contributed by atoms with E-state index in [0.717, 1.165) is 6.07 Å². The van der Waals surface area contributed by atoms with Gasteiger partial charge in [0.15, 0.2) is 0 Å². The van der Waals surface area contributed by atoms with Crippen molar-refractivity contribution in [1.82, 2.24) is 0 Å². The van der Waals surface area contributed by atoms with Gasteiger partial charge in [-0.25, -0.2) is 9.18 Å². The zero-order chi connectivity index (χ0) is 12.1. The summed E-state index contributed by atoms with van der Waals surface area (Å²) in [5.74, 6) is -3.24. The summed E-state index contributed by atoms with van der Waals surface area (Å²) >= 11 is 0. The Bertz CT molecular complexity index is 408. The monoisotopic (exact) mass is 227 g/mol. The van der Waals surface area contributed by atoms with Gasteiger partial charge < -0.3 is 15.5 Å². The molecule has 86 valence electrons. The van der Waals surface area contributed by atoms with Crippen LogP contribution in [0.4, 0.5) is 10.1 Å². The van der Waals surface area contributed by atoms with Crippen molar-refractivity contribution in [2.24, 2.45) is 0 Å². The van der Waals surface area contributed by atoms with Crippen molar-refractivity contribution >= 4 is 17.6 Å². The molecule has 0 aliphatic carbocycles. The average molecular weight is 227 g/mol. The van der Waals surface area contributed by atoms with Crippen LogP contribution in [0.1, 0.15) is 6.42 Å². The second kappa shape index (κ2) is 5.11. The topological polar surface area (TPSA) is 86.6 Å². The first-order valence-electron chi connectivity index (χ1n) is 4.46. The van der Waals surface area contributed by atoms with Crippen LogP contribution in [0.25, 0.3) is 0 Å². The first kappa shape index (κ1) is 12.0. The van der Waals surface area contributed by atoms with Crippen molar-refractivity contribution in [2.45, 2.75) is 12.5 Å². The minimum atomic E-state index is -1.35. The molecule has 16 heavy (non-hydrogen) atoms. The predicted molar refractivity (Wildman–Crippen MR) is 53.7 cm³/mol. The van der Waals surface area contributed by atoms with Crippen LogP contribution < -0.4 is 5.32 Å². The lowest BCUT2D eigenvalue weighted by Crippen LogP contribution is -2.32. The van der Waals surface area contributed by atoms with Gasteiger partial charge in [-0.05, 0) is 12.1 Å². The van der Waals surface area contributed by atoms with Crippen molar-refractivity contribution in [2.75, 3.05) is 5.32 Å². The van der Waals surface area contributed by atoms with Gasteiger partial charge in [-0.15, -0.1) is 0 Å². The van der Waals surface area contributed by atoms with Crippen LogP contribution >= 0.6 is 0 Å². The van der Waals surface area contributed by atoms with E-state index in [4.69, 9.17) is 10.2 Å². The fraction of sp³-hybridized carbons (Fsp3) is 0.200. The molecule has 0 aliphatic rings. The summed E-state index contributed by atoms with van der Waals surface area (Å²) < 4.78 is 13.1. The Hall–Kier alpha value is -2.11. The zero-order valence-electron chi connectivity index (χ0n) is 8.18. The lowest BCUT2D eigenvalue weighted by Gasteiger charge is -2.13. The highest BCUT2D eigenvalue weighted by Crippen LogP contribution is 2.14. The zero-order valence-corrected chi connectivity index (χ0v) is 8.18. The predicted octanol–water partition coefficient (Wildman–Crippen LogP) is 1.17. The Morgan fingerprint density at radius 3 is 2.44 bits per heavy atom. The third-order valence-corrected chi connectivity index (χ3v) is 1.88. The van der Waals surface area contributed by atoms with Crippen LogP contribution in [0.15, 0.2) is 24.3 Å². The van der Waals surface area contributed by atoms with Crippen LogP contribution in [-0.2, 0) is 9.59 Å². The number of carboxylic acids is 2. The maximum atomic E-state index is 13.1. The Kier molecular flexibility index (Phi) is 3.82. The summed E-state index contributed by atoms with van der Waals surface area (Å²) in [7, 11) is 0.